The van der Waals surface area contributed by atoms with Crippen molar-refractivity contribution < 1.29 is 24.3 Å². The number of amides is 4. The SMILES string of the molecule is CC1(C)NC(=O)N(CCCC(=O)N[C@H](Cc2ccccc2)C(=O)O)C1=O. The number of rotatable bonds is 8. The largest absolute Gasteiger partial charge is 0.480 e. The molecule has 1 aromatic carbocycles. The molecule has 8 heteroatoms. The van der Waals surface area contributed by atoms with E-state index in [0.29, 0.717) is 0 Å². The molecule has 0 unspecified atom stereocenters. The summed E-state index contributed by atoms with van der Waals surface area (Å²) in [4.78, 5) is 48.3. The first-order valence-electron chi connectivity index (χ1n) is 8.41. The van der Waals surface area contributed by atoms with Gasteiger partial charge < -0.3 is 15.7 Å². The van der Waals surface area contributed by atoms with Crippen LogP contribution in [0, 0.1) is 0 Å². The number of carboxylic acid groups (broad SMARTS) is 1. The van der Waals surface area contributed by atoms with Gasteiger partial charge in [0.05, 0.1) is 0 Å². The number of urea groups is 1. The van der Waals surface area contributed by atoms with E-state index in [2.05, 4.69) is 10.6 Å². The topological polar surface area (TPSA) is 116 Å². The van der Waals surface area contributed by atoms with Crippen molar-refractivity contribution in [1.82, 2.24) is 15.5 Å². The third-order valence-corrected chi connectivity index (χ3v) is 4.15. The maximum Gasteiger partial charge on any atom is 0.326 e. The van der Waals surface area contributed by atoms with Crippen LogP contribution in [0.5, 0.6) is 0 Å². The molecule has 1 aromatic rings. The molecule has 0 aliphatic carbocycles. The molecule has 1 saturated heterocycles. The van der Waals surface area contributed by atoms with Gasteiger partial charge in [0, 0.05) is 19.4 Å². The zero-order valence-electron chi connectivity index (χ0n) is 14.8. The lowest BCUT2D eigenvalue weighted by atomic mass is 10.1. The molecule has 1 aliphatic heterocycles. The van der Waals surface area contributed by atoms with Gasteiger partial charge >= 0.3 is 12.0 Å². The van der Waals surface area contributed by atoms with Crippen LogP contribution in [0.2, 0.25) is 0 Å². The van der Waals surface area contributed by atoms with E-state index >= 15 is 0 Å². The van der Waals surface area contributed by atoms with E-state index in [0.717, 1.165) is 10.5 Å². The molecule has 2 rings (SSSR count). The Hall–Kier alpha value is -2.90. The predicted molar refractivity (Wildman–Crippen MR) is 93.3 cm³/mol. The van der Waals surface area contributed by atoms with Gasteiger partial charge in [0.2, 0.25) is 5.91 Å². The number of carbonyl (C=O) groups is 4. The molecule has 26 heavy (non-hydrogen) atoms. The van der Waals surface area contributed by atoms with Crippen molar-refractivity contribution in [2.75, 3.05) is 6.54 Å². The van der Waals surface area contributed by atoms with Crippen molar-refractivity contribution in [3.05, 3.63) is 35.9 Å². The van der Waals surface area contributed by atoms with Crippen LogP contribution in [0.4, 0.5) is 4.79 Å². The molecule has 8 nitrogen and oxygen atoms in total. The predicted octanol–water partition coefficient (Wildman–Crippen LogP) is 0.909. The summed E-state index contributed by atoms with van der Waals surface area (Å²) in [6.07, 6.45) is 0.470. The van der Waals surface area contributed by atoms with Crippen molar-refractivity contribution in [2.24, 2.45) is 0 Å². The molecule has 4 amide bonds. The van der Waals surface area contributed by atoms with Gasteiger partial charge in [-0.15, -0.1) is 0 Å². The summed E-state index contributed by atoms with van der Waals surface area (Å²) < 4.78 is 0. The Kier molecular flexibility index (Phi) is 5.97. The Balaban J connectivity index is 1.82. The number of aliphatic carboxylic acids is 1. The highest BCUT2D eigenvalue weighted by atomic mass is 16.4. The lowest BCUT2D eigenvalue weighted by molar-refractivity contribution is -0.141. The Labute approximate surface area is 151 Å². The smallest absolute Gasteiger partial charge is 0.326 e. The first-order valence-corrected chi connectivity index (χ1v) is 8.41. The van der Waals surface area contributed by atoms with Gasteiger partial charge in [-0.05, 0) is 25.8 Å². The summed E-state index contributed by atoms with van der Waals surface area (Å²) in [5.41, 5.74) is -0.134. The van der Waals surface area contributed by atoms with Crippen molar-refractivity contribution in [2.45, 2.75) is 44.7 Å². The second-order valence-electron chi connectivity index (χ2n) is 6.76. The van der Waals surface area contributed by atoms with Crippen LogP contribution in [-0.4, -0.2) is 51.9 Å². The van der Waals surface area contributed by atoms with E-state index in [-0.39, 0.29) is 31.7 Å². The molecule has 1 aliphatic rings. The summed E-state index contributed by atoms with van der Waals surface area (Å²) in [6, 6.07) is 7.51. The third kappa shape index (κ3) is 4.81. The quantitative estimate of drug-likeness (QED) is 0.595. The molecule has 140 valence electrons. The summed E-state index contributed by atoms with van der Waals surface area (Å²) >= 11 is 0. The van der Waals surface area contributed by atoms with Crippen molar-refractivity contribution >= 4 is 23.8 Å². The first-order chi connectivity index (χ1) is 12.2. The van der Waals surface area contributed by atoms with Crippen LogP contribution in [0.1, 0.15) is 32.3 Å². The van der Waals surface area contributed by atoms with Gasteiger partial charge in [-0.1, -0.05) is 30.3 Å². The third-order valence-electron chi connectivity index (χ3n) is 4.15. The zero-order valence-corrected chi connectivity index (χ0v) is 14.8. The molecule has 3 N–H and O–H groups in total. The molecule has 1 atom stereocenters. The Morgan fingerprint density at radius 1 is 1.23 bits per heavy atom. The number of carboxylic acids is 1. The maximum absolute atomic E-state index is 12.0. The number of benzene rings is 1. The number of imide groups is 1. The van der Waals surface area contributed by atoms with Crippen LogP contribution in [0.25, 0.3) is 0 Å². The normalized spacial score (nSPS) is 16.9. The van der Waals surface area contributed by atoms with Crippen LogP contribution in [0.15, 0.2) is 30.3 Å². The monoisotopic (exact) mass is 361 g/mol. The number of nitrogens with zero attached hydrogens (tertiary/aromatic N) is 1. The van der Waals surface area contributed by atoms with Crippen LogP contribution in [-0.2, 0) is 20.8 Å². The fraction of sp³-hybridized carbons (Fsp3) is 0.444. The molecule has 0 spiro atoms. The number of carbonyl (C=O) groups excluding carboxylic acids is 3. The summed E-state index contributed by atoms with van der Waals surface area (Å²) in [5, 5.41) is 14.3. The maximum atomic E-state index is 12.0. The summed E-state index contributed by atoms with van der Waals surface area (Å²) in [7, 11) is 0. The Bertz CT molecular complexity index is 702. The Morgan fingerprint density at radius 2 is 1.88 bits per heavy atom. The van der Waals surface area contributed by atoms with Gasteiger partial charge in [0.15, 0.2) is 0 Å². The highest BCUT2D eigenvalue weighted by Gasteiger charge is 2.43. The lowest BCUT2D eigenvalue weighted by Gasteiger charge is -2.17. The minimum absolute atomic E-state index is 0.0239. The number of nitrogens with one attached hydrogen (secondary N) is 2. The average molecular weight is 361 g/mol. The van der Waals surface area contributed by atoms with Gasteiger partial charge in [-0.2, -0.15) is 0 Å². The van der Waals surface area contributed by atoms with E-state index in [1.54, 1.807) is 38.1 Å². The fourth-order valence-corrected chi connectivity index (χ4v) is 2.74. The molecule has 1 heterocycles. The molecule has 0 saturated carbocycles. The van der Waals surface area contributed by atoms with Gasteiger partial charge in [0.1, 0.15) is 11.6 Å². The molecule has 0 aromatic heterocycles. The number of hydrogen-bond acceptors (Lipinski definition) is 4. The van der Waals surface area contributed by atoms with E-state index in [1.165, 1.54) is 0 Å². The Morgan fingerprint density at radius 3 is 2.42 bits per heavy atom. The molecular weight excluding hydrogens is 338 g/mol. The van der Waals surface area contributed by atoms with Crippen molar-refractivity contribution in [1.29, 1.82) is 0 Å². The van der Waals surface area contributed by atoms with Crippen molar-refractivity contribution in [3.63, 3.8) is 0 Å². The fourth-order valence-electron chi connectivity index (χ4n) is 2.74. The molecule has 0 radical (unpaired) electrons. The van der Waals surface area contributed by atoms with Gasteiger partial charge in [0.25, 0.3) is 5.91 Å². The molecular formula is C18H23N3O5. The van der Waals surface area contributed by atoms with Gasteiger partial charge in [-0.25, -0.2) is 9.59 Å². The average Bonchev–Trinajstić information content (AvgIpc) is 2.76. The van der Waals surface area contributed by atoms with Crippen LogP contribution >= 0.6 is 0 Å². The highest BCUT2D eigenvalue weighted by Crippen LogP contribution is 2.17. The standard InChI is InChI=1S/C18H23N3O5/c1-18(2)16(25)21(17(26)20-18)10-6-9-14(22)19-13(15(23)24)11-12-7-4-3-5-8-12/h3-5,7-8,13H,6,9-11H2,1-2H3,(H,19,22)(H,20,26)(H,23,24)/t13-/m1/s1. The highest BCUT2D eigenvalue weighted by molar-refractivity contribution is 6.06. The second-order valence-corrected chi connectivity index (χ2v) is 6.76. The first kappa shape index (κ1) is 19.4. The summed E-state index contributed by atoms with van der Waals surface area (Å²) in [5.74, 6) is -1.88. The minimum Gasteiger partial charge on any atom is -0.480 e. The second kappa shape index (κ2) is 7.99. The summed E-state index contributed by atoms with van der Waals surface area (Å²) in [6.45, 7) is 3.33. The van der Waals surface area contributed by atoms with E-state index in [4.69, 9.17) is 0 Å². The van der Waals surface area contributed by atoms with Crippen LogP contribution < -0.4 is 10.6 Å². The zero-order chi connectivity index (χ0) is 19.3. The van der Waals surface area contributed by atoms with Crippen molar-refractivity contribution in [3.8, 4) is 0 Å². The minimum atomic E-state index is -1.11. The molecule has 1 fully saturated rings. The van der Waals surface area contributed by atoms with E-state index in [1.807, 2.05) is 6.07 Å². The van der Waals surface area contributed by atoms with E-state index in [9.17, 15) is 24.3 Å². The van der Waals surface area contributed by atoms with Crippen LogP contribution in [0.3, 0.4) is 0 Å². The lowest BCUT2D eigenvalue weighted by Crippen LogP contribution is -2.42. The van der Waals surface area contributed by atoms with Gasteiger partial charge in [-0.3, -0.25) is 14.5 Å². The van der Waals surface area contributed by atoms with E-state index < -0.39 is 29.5 Å². The number of hydrogen-bond donors (Lipinski definition) is 3. The molecule has 0 bridgehead atoms.